The van der Waals surface area contributed by atoms with E-state index in [1.807, 2.05) is 31.4 Å². The van der Waals surface area contributed by atoms with Crippen LogP contribution in [0.1, 0.15) is 0 Å². The number of aromatic nitrogens is 1. The van der Waals surface area contributed by atoms with E-state index in [1.54, 1.807) is 25.2 Å². The Balaban J connectivity index is 2.82. The normalized spacial score (nSPS) is 11.0. The summed E-state index contributed by atoms with van der Waals surface area (Å²) in [4.78, 5) is 14.7. The molecular formula is C8H10N2OS2. The summed E-state index contributed by atoms with van der Waals surface area (Å²) in [5, 5.41) is 2.02. The van der Waals surface area contributed by atoms with Gasteiger partial charge in [0.15, 0.2) is 0 Å². The zero-order valence-corrected chi connectivity index (χ0v) is 9.33. The highest BCUT2D eigenvalue weighted by Crippen LogP contribution is 2.37. The summed E-state index contributed by atoms with van der Waals surface area (Å²) in [5.41, 5.74) is 1.95. The van der Waals surface area contributed by atoms with Crippen LogP contribution in [0.5, 0.6) is 0 Å². The molecule has 0 atom stereocenters. The topological polar surface area (TPSA) is 25.2 Å². The summed E-state index contributed by atoms with van der Waals surface area (Å²) < 4.78 is 1.71. The van der Waals surface area contributed by atoms with E-state index in [1.165, 1.54) is 0 Å². The van der Waals surface area contributed by atoms with Gasteiger partial charge in [-0.15, -0.1) is 0 Å². The molecule has 2 rings (SSSR count). The second-order valence-corrected chi connectivity index (χ2v) is 5.20. The Morgan fingerprint density at radius 2 is 2.15 bits per heavy atom. The predicted octanol–water partition coefficient (Wildman–Crippen LogP) is 1.68. The van der Waals surface area contributed by atoms with Crippen LogP contribution in [0.3, 0.4) is 0 Å². The van der Waals surface area contributed by atoms with E-state index in [-0.39, 0.29) is 5.56 Å². The first kappa shape index (κ1) is 8.77. The first-order valence-electron chi connectivity index (χ1n) is 3.86. The van der Waals surface area contributed by atoms with Crippen molar-refractivity contribution < 1.29 is 0 Å². The van der Waals surface area contributed by atoms with Crippen LogP contribution in [-0.4, -0.2) is 18.7 Å². The van der Waals surface area contributed by atoms with Crippen LogP contribution in [0, 0.1) is 0 Å². The second kappa shape index (κ2) is 2.85. The molecule has 70 valence electrons. The van der Waals surface area contributed by atoms with Gasteiger partial charge < -0.3 is 9.47 Å². The number of nitrogens with zero attached hydrogens (tertiary/aromatic N) is 2. The van der Waals surface area contributed by atoms with Crippen LogP contribution < -0.4 is 10.5 Å². The minimum absolute atomic E-state index is 0.0963. The van der Waals surface area contributed by atoms with Gasteiger partial charge in [0.1, 0.15) is 5.69 Å². The van der Waals surface area contributed by atoms with Crippen LogP contribution in [-0.2, 0) is 7.05 Å². The van der Waals surface area contributed by atoms with Gasteiger partial charge in [-0.1, -0.05) is 20.7 Å². The minimum Gasteiger partial charge on any atom is -0.372 e. The molecule has 2 aliphatic heterocycles. The Labute approximate surface area is 83.6 Å². The van der Waals surface area contributed by atoms with Crippen molar-refractivity contribution in [2.24, 2.45) is 7.05 Å². The molecule has 0 radical (unpaired) electrons. The molecule has 0 aliphatic carbocycles. The predicted molar refractivity (Wildman–Crippen MR) is 58.4 cm³/mol. The lowest BCUT2D eigenvalue weighted by molar-refractivity contribution is 0.895. The molecule has 0 saturated heterocycles. The molecule has 2 aliphatic rings. The van der Waals surface area contributed by atoms with Crippen LogP contribution in [0.2, 0.25) is 0 Å². The maximum atomic E-state index is 11.7. The molecule has 13 heavy (non-hydrogen) atoms. The Bertz CT molecular complexity index is 451. The summed E-state index contributed by atoms with van der Waals surface area (Å²) in [6, 6.07) is 0. The van der Waals surface area contributed by atoms with Gasteiger partial charge in [-0.25, -0.2) is 0 Å². The summed E-state index contributed by atoms with van der Waals surface area (Å²) in [6.45, 7) is 0. The molecule has 3 nitrogen and oxygen atoms in total. The summed E-state index contributed by atoms with van der Waals surface area (Å²) in [5.74, 6) is 0. The van der Waals surface area contributed by atoms with E-state index in [0.29, 0.717) is 0 Å². The summed E-state index contributed by atoms with van der Waals surface area (Å²) in [7, 11) is 8.95. The van der Waals surface area contributed by atoms with Gasteiger partial charge in [-0.3, -0.25) is 4.79 Å². The lowest BCUT2D eigenvalue weighted by atomic mass is 10.4. The Morgan fingerprint density at radius 3 is 2.77 bits per heavy atom. The summed E-state index contributed by atoms with van der Waals surface area (Å²) in [6.07, 6.45) is 0. The number of rotatable bonds is 1. The van der Waals surface area contributed by atoms with Crippen molar-refractivity contribution in [1.82, 2.24) is 4.57 Å². The lowest BCUT2D eigenvalue weighted by Crippen LogP contribution is -2.20. The number of hydrogen-bond donors (Lipinski definition) is 0. The van der Waals surface area contributed by atoms with E-state index in [4.69, 9.17) is 0 Å². The maximum absolute atomic E-state index is 11.7. The molecule has 0 fully saturated rings. The highest BCUT2D eigenvalue weighted by atomic mass is 32.9. The van der Waals surface area contributed by atoms with Gasteiger partial charge in [0, 0.05) is 26.5 Å². The number of hydrogen-bond acceptors (Lipinski definition) is 4. The highest BCUT2D eigenvalue weighted by molar-refractivity contribution is 7.70. The van der Waals surface area contributed by atoms with Gasteiger partial charge in [-0.05, 0) is 0 Å². The number of fused-ring (bicyclic) bond motifs is 1. The molecular weight excluding hydrogens is 204 g/mol. The molecule has 0 spiro atoms. The molecule has 0 aromatic rings. The smallest absolute Gasteiger partial charge is 0.275 e. The SMILES string of the molecule is CN(C)c1c2sscc-2n(C)c1=O. The third-order valence-corrected chi connectivity index (χ3v) is 4.12. The Morgan fingerprint density at radius 1 is 1.46 bits per heavy atom. The Kier molecular flexibility index (Phi) is 1.92. The molecule has 0 aromatic carbocycles. The molecule has 0 aromatic heterocycles. The molecule has 0 saturated carbocycles. The zero-order valence-electron chi connectivity index (χ0n) is 7.70. The third-order valence-electron chi connectivity index (χ3n) is 2.05. The first-order chi connectivity index (χ1) is 6.13. The van der Waals surface area contributed by atoms with Crippen LogP contribution in [0.15, 0.2) is 10.2 Å². The maximum Gasteiger partial charge on any atom is 0.275 e. The molecule has 0 N–H and O–H groups in total. The average Bonchev–Trinajstić information content (AvgIpc) is 2.57. The quantitative estimate of drug-likeness (QED) is 0.675. The van der Waals surface area contributed by atoms with Crippen LogP contribution >= 0.6 is 20.7 Å². The first-order valence-corrected chi connectivity index (χ1v) is 6.07. The van der Waals surface area contributed by atoms with E-state index in [0.717, 1.165) is 16.3 Å². The molecule has 0 unspecified atom stereocenters. The monoisotopic (exact) mass is 214 g/mol. The van der Waals surface area contributed by atoms with Gasteiger partial charge in [0.05, 0.1) is 10.6 Å². The van der Waals surface area contributed by atoms with Gasteiger partial charge in [0.25, 0.3) is 5.56 Å². The number of anilines is 1. The van der Waals surface area contributed by atoms with E-state index < -0.39 is 0 Å². The van der Waals surface area contributed by atoms with Crippen LogP contribution in [0.4, 0.5) is 5.69 Å². The van der Waals surface area contributed by atoms with Crippen molar-refractivity contribution in [3.8, 4) is 10.6 Å². The van der Waals surface area contributed by atoms with Crippen molar-refractivity contribution in [3.05, 3.63) is 15.7 Å². The molecule has 5 heteroatoms. The van der Waals surface area contributed by atoms with Crippen molar-refractivity contribution >= 4 is 26.4 Å². The Hall–Kier alpha value is -0.810. The van der Waals surface area contributed by atoms with E-state index >= 15 is 0 Å². The van der Waals surface area contributed by atoms with Crippen molar-refractivity contribution in [2.75, 3.05) is 19.0 Å². The van der Waals surface area contributed by atoms with Crippen molar-refractivity contribution in [1.29, 1.82) is 0 Å². The minimum atomic E-state index is 0.0963. The van der Waals surface area contributed by atoms with Crippen molar-refractivity contribution in [3.63, 3.8) is 0 Å². The third kappa shape index (κ3) is 1.11. The summed E-state index contributed by atoms with van der Waals surface area (Å²) >= 11 is 0. The lowest BCUT2D eigenvalue weighted by Gasteiger charge is -2.07. The average molecular weight is 214 g/mol. The molecule has 0 amide bonds. The second-order valence-electron chi connectivity index (χ2n) is 3.12. The fourth-order valence-corrected chi connectivity index (χ4v) is 3.78. The fraction of sp³-hybridized carbons (Fsp3) is 0.375. The zero-order chi connectivity index (χ0) is 9.59. The van der Waals surface area contributed by atoms with Gasteiger partial charge in [-0.2, -0.15) is 0 Å². The molecule has 2 heterocycles. The standard InChI is InChI=1S/C8H10N2OS2/c1-9(2)6-7-5(4-12-13-7)10(3)8(6)11/h4H,1-3H3. The van der Waals surface area contributed by atoms with E-state index in [9.17, 15) is 4.79 Å². The van der Waals surface area contributed by atoms with E-state index in [2.05, 4.69) is 0 Å². The van der Waals surface area contributed by atoms with Gasteiger partial charge >= 0.3 is 0 Å². The largest absolute Gasteiger partial charge is 0.372 e. The van der Waals surface area contributed by atoms with Gasteiger partial charge in [0.2, 0.25) is 0 Å². The highest BCUT2D eigenvalue weighted by Gasteiger charge is 2.21. The fourth-order valence-electron chi connectivity index (χ4n) is 1.37. The molecule has 0 bridgehead atoms. The van der Waals surface area contributed by atoms with Crippen LogP contribution in [0.25, 0.3) is 10.6 Å². The van der Waals surface area contributed by atoms with Crippen molar-refractivity contribution in [2.45, 2.75) is 0 Å².